The number of carboxylic acid groups (broad SMARTS) is 2. The molecule has 0 aromatic carbocycles. The van der Waals surface area contributed by atoms with E-state index in [1.165, 1.54) is 45.3 Å². The summed E-state index contributed by atoms with van der Waals surface area (Å²) in [6.45, 7) is -0.317. The first kappa shape index (κ1) is 47.0. The smallest absolute Gasteiger partial charge is 0.322 e. The van der Waals surface area contributed by atoms with Crippen LogP contribution in [-0.4, -0.2) is 130 Å². The number of hydrogen-bond donors (Lipinski definition) is 11. The summed E-state index contributed by atoms with van der Waals surface area (Å²) in [4.78, 5) is 106. The molecule has 3 aromatic rings. The number of halogens is 1. The topological polar surface area (TPSA) is 367 Å². The van der Waals surface area contributed by atoms with Gasteiger partial charge in [-0.2, -0.15) is 11.8 Å². The number of thioether (sulfide) groups is 1. The number of hydrogen-bond acceptors (Lipinski definition) is 12. The molecule has 3 aromatic heterocycles. The van der Waals surface area contributed by atoms with E-state index in [1.54, 1.807) is 20.3 Å². The van der Waals surface area contributed by atoms with Crippen molar-refractivity contribution >= 4 is 98.2 Å². The van der Waals surface area contributed by atoms with Crippen LogP contribution in [0.2, 0.25) is 0 Å². The maximum Gasteiger partial charge on any atom is 0.322 e. The maximum absolute atomic E-state index is 13.2. The first-order valence-electron chi connectivity index (χ1n) is 17.4. The molecule has 24 nitrogen and oxygen atoms in total. The summed E-state index contributed by atoms with van der Waals surface area (Å²) < 4.78 is 4.39. The molecule has 320 valence electrons. The lowest BCUT2D eigenvalue weighted by Gasteiger charge is -2.19. The molecule has 3 unspecified atom stereocenters. The van der Waals surface area contributed by atoms with E-state index in [9.17, 15) is 38.4 Å². The number of carbonyl (C=O) groups excluding carboxylic acids is 6. The van der Waals surface area contributed by atoms with E-state index in [2.05, 4.69) is 57.8 Å². The van der Waals surface area contributed by atoms with Crippen molar-refractivity contribution in [1.82, 2.24) is 34.6 Å². The largest absolute Gasteiger partial charge is 0.480 e. The second kappa shape index (κ2) is 21.9. The summed E-state index contributed by atoms with van der Waals surface area (Å²) in [5.74, 6) is -6.40. The van der Waals surface area contributed by atoms with Crippen molar-refractivity contribution in [2.75, 3.05) is 47.1 Å². The fourth-order valence-electron chi connectivity index (χ4n) is 5.00. The number of rotatable bonds is 22. The molecule has 26 heteroatoms. The highest BCUT2D eigenvalue weighted by molar-refractivity contribution is 9.10. The molecular formula is C33H45BrN14O10S. The number of amides is 6. The van der Waals surface area contributed by atoms with Gasteiger partial charge in [-0.25, -0.2) is 4.98 Å². The van der Waals surface area contributed by atoms with Gasteiger partial charge in [0.05, 0.1) is 17.9 Å². The van der Waals surface area contributed by atoms with Crippen molar-refractivity contribution in [2.45, 2.75) is 29.8 Å². The molecule has 0 spiro atoms. The average Bonchev–Trinajstić information content (AvgIpc) is 3.84. The number of nitrogens with zero attached hydrogens (tertiary/aromatic N) is 5. The first-order valence-corrected chi connectivity index (χ1v) is 19.4. The predicted molar refractivity (Wildman–Crippen MR) is 219 cm³/mol. The summed E-state index contributed by atoms with van der Waals surface area (Å²) in [7, 11) is 4.76. The molecule has 0 saturated carbocycles. The van der Waals surface area contributed by atoms with E-state index in [0.29, 0.717) is 5.69 Å². The molecule has 0 aliphatic carbocycles. The lowest BCUT2D eigenvalue weighted by atomic mass is 10.1. The third-order valence-electron chi connectivity index (χ3n) is 7.91. The van der Waals surface area contributed by atoms with Gasteiger partial charge in [-0.05, 0) is 18.6 Å². The number of nitrogens with two attached hydrogens (primary N) is 3. The van der Waals surface area contributed by atoms with Crippen molar-refractivity contribution in [1.29, 1.82) is 0 Å². The molecule has 0 aliphatic rings. The third-order valence-corrected chi connectivity index (χ3v) is 10.2. The lowest BCUT2D eigenvalue weighted by molar-refractivity contribution is -0.139. The second-order valence-electron chi connectivity index (χ2n) is 12.7. The van der Waals surface area contributed by atoms with Crippen molar-refractivity contribution < 1.29 is 48.6 Å². The van der Waals surface area contributed by atoms with E-state index in [1.807, 2.05) is 0 Å². The Morgan fingerprint density at radius 3 is 2.03 bits per heavy atom. The Balaban J connectivity index is 1.55. The second-order valence-corrected chi connectivity index (χ2v) is 14.9. The number of aromatic nitrogens is 4. The summed E-state index contributed by atoms with van der Waals surface area (Å²) >= 11 is 4.33. The van der Waals surface area contributed by atoms with Crippen LogP contribution < -0.4 is 49.1 Å². The first-order chi connectivity index (χ1) is 27.7. The zero-order valence-corrected chi connectivity index (χ0v) is 34.4. The highest BCUT2D eigenvalue weighted by Crippen LogP contribution is 2.19. The maximum atomic E-state index is 13.2. The minimum atomic E-state index is -1.31. The van der Waals surface area contributed by atoms with E-state index >= 15 is 0 Å². The van der Waals surface area contributed by atoms with E-state index in [4.69, 9.17) is 27.4 Å². The number of carboxylic acids is 2. The van der Waals surface area contributed by atoms with Gasteiger partial charge in [-0.1, -0.05) is 15.9 Å². The Hall–Kier alpha value is -6.41. The van der Waals surface area contributed by atoms with Crippen LogP contribution in [0, 0.1) is 0 Å². The predicted octanol–water partition coefficient (Wildman–Crippen LogP) is -2.08. The van der Waals surface area contributed by atoms with Crippen LogP contribution in [0.5, 0.6) is 0 Å². The van der Waals surface area contributed by atoms with Crippen LogP contribution >= 0.6 is 27.7 Å². The molecule has 0 saturated heterocycles. The Bertz CT molecular complexity index is 2090. The molecule has 0 radical (unpaired) electrons. The Labute approximate surface area is 348 Å². The van der Waals surface area contributed by atoms with Crippen molar-refractivity contribution in [3.8, 4) is 0 Å². The van der Waals surface area contributed by atoms with Crippen molar-refractivity contribution in [2.24, 2.45) is 43.3 Å². The van der Waals surface area contributed by atoms with E-state index in [0.717, 1.165) is 11.8 Å². The Morgan fingerprint density at radius 2 is 1.44 bits per heavy atom. The fraction of sp³-hybridized carbons (Fsp3) is 0.394. The standard InChI is InChI=1S/C33H45BrN14O10S/c1-46-11-16(8-21(46)29(54)38-6-7-39-33(36)37)41-30(55)22-9-17(12-47(22)2)42-31(56)26-44-23(13-48(26)3)45-27(52)18(34)14-59-15-20(28(53)40-10-25(50)51)43-24(49)5-4-19(35)32(57)58/h8-9,11-13,18-20H,4-7,10,14-15,35H2,1-3H3,(H,38,54)(H,40,53)(H,41,55)(H,42,56)(H,43,49)(H,45,52)(H,50,51)(H,57,58)(H4,36,37,39). The average molecular weight is 910 g/mol. The van der Waals surface area contributed by atoms with Gasteiger partial charge >= 0.3 is 11.9 Å². The molecular weight excluding hydrogens is 864 g/mol. The number of nitrogens with one attached hydrogen (secondary N) is 6. The summed E-state index contributed by atoms with van der Waals surface area (Å²) in [5, 5.41) is 33.1. The summed E-state index contributed by atoms with van der Waals surface area (Å²) in [6, 6.07) is 0.424. The molecule has 14 N–H and O–H groups in total. The van der Waals surface area contributed by atoms with Gasteiger partial charge in [-0.3, -0.25) is 43.3 Å². The van der Waals surface area contributed by atoms with Gasteiger partial charge in [0, 0.05) is 64.2 Å². The van der Waals surface area contributed by atoms with Gasteiger partial charge in [-0.15, -0.1) is 0 Å². The summed E-state index contributed by atoms with van der Waals surface area (Å²) in [5.41, 5.74) is 17.0. The summed E-state index contributed by atoms with van der Waals surface area (Å²) in [6.07, 6.45) is 3.96. The van der Waals surface area contributed by atoms with E-state index in [-0.39, 0.29) is 72.1 Å². The number of aryl methyl sites for hydroxylation is 3. The van der Waals surface area contributed by atoms with Crippen LogP contribution in [0.25, 0.3) is 0 Å². The highest BCUT2D eigenvalue weighted by atomic mass is 79.9. The van der Waals surface area contributed by atoms with Gasteiger partial charge in [0.25, 0.3) is 17.7 Å². The Morgan fingerprint density at radius 1 is 0.831 bits per heavy atom. The molecule has 6 amide bonds. The third kappa shape index (κ3) is 14.8. The number of alkyl halides is 1. The number of aliphatic carboxylic acids is 2. The minimum Gasteiger partial charge on any atom is -0.480 e. The lowest BCUT2D eigenvalue weighted by Crippen LogP contribution is -2.49. The van der Waals surface area contributed by atoms with Crippen LogP contribution in [0.15, 0.2) is 35.7 Å². The van der Waals surface area contributed by atoms with Gasteiger partial charge < -0.3 is 73.0 Å². The highest BCUT2D eigenvalue weighted by Gasteiger charge is 2.25. The van der Waals surface area contributed by atoms with Crippen LogP contribution in [-0.2, 0) is 45.1 Å². The molecule has 3 heterocycles. The van der Waals surface area contributed by atoms with Crippen LogP contribution in [0.4, 0.5) is 17.2 Å². The molecule has 3 atom stereocenters. The number of aliphatic imine (C=N–C) groups is 1. The normalized spacial score (nSPS) is 12.3. The van der Waals surface area contributed by atoms with Crippen molar-refractivity contribution in [3.05, 3.63) is 47.9 Å². The molecule has 0 aliphatic heterocycles. The zero-order chi connectivity index (χ0) is 44.0. The van der Waals surface area contributed by atoms with Gasteiger partial charge in [0.1, 0.15) is 34.8 Å². The van der Waals surface area contributed by atoms with E-state index < -0.39 is 70.8 Å². The quantitative estimate of drug-likeness (QED) is 0.0223. The number of guanidine groups is 1. The van der Waals surface area contributed by atoms with Crippen LogP contribution in [0.3, 0.4) is 0 Å². The number of anilines is 3. The molecule has 59 heavy (non-hydrogen) atoms. The van der Waals surface area contributed by atoms with Crippen molar-refractivity contribution in [3.63, 3.8) is 0 Å². The SMILES string of the molecule is Cn1cc(NC(=O)c2cc(NC(=O)c3nc(NC(=O)C(Br)CSCC(NC(=O)CCC(N)C(=O)O)C(=O)NCC(=O)O)cn3C)cn2C)cc1C(=O)NCCN=C(N)N. The van der Waals surface area contributed by atoms with Gasteiger partial charge in [0.15, 0.2) is 11.8 Å². The fourth-order valence-corrected chi connectivity index (χ4v) is 6.64. The minimum absolute atomic E-state index is 0.0349. The Kier molecular flexibility index (Phi) is 17.5. The van der Waals surface area contributed by atoms with Crippen LogP contribution in [0.1, 0.15) is 44.4 Å². The number of carbonyl (C=O) groups is 8. The van der Waals surface area contributed by atoms with Gasteiger partial charge in [0.2, 0.25) is 23.5 Å². The molecule has 3 rings (SSSR count). The monoisotopic (exact) mass is 908 g/mol. The molecule has 0 fully saturated rings. The number of imidazole rings is 1. The molecule has 0 bridgehead atoms. The zero-order valence-electron chi connectivity index (χ0n) is 32.0.